The third-order valence-electron chi connectivity index (χ3n) is 14.1. The molecule has 2 unspecified atom stereocenters. The van der Waals surface area contributed by atoms with E-state index in [1.54, 1.807) is 38.1 Å². The van der Waals surface area contributed by atoms with Gasteiger partial charge in [-0.25, -0.2) is 4.85 Å². The minimum Gasteiger partial charge on any atom is -0.488 e. The smallest absolute Gasteiger partial charge is 0.204 e. The molecule has 12 heteroatoms. The minimum atomic E-state index is -1.02. The Morgan fingerprint density at radius 2 is 1.06 bits per heavy atom. The number of allylic oxidation sites excluding steroid dienone is 10. The number of halogens is 4. The summed E-state index contributed by atoms with van der Waals surface area (Å²) >= 11 is 25.0. The first-order chi connectivity index (χ1) is 36.7. The van der Waals surface area contributed by atoms with Crippen LogP contribution in [-0.4, -0.2) is 26.2 Å². The molecule has 0 saturated carbocycles. The van der Waals surface area contributed by atoms with E-state index in [4.69, 9.17) is 62.4 Å². The molecule has 394 valence electrons. The van der Waals surface area contributed by atoms with Crippen LogP contribution in [0.25, 0.3) is 17.0 Å². The fourth-order valence-electron chi connectivity index (χ4n) is 9.83. The van der Waals surface area contributed by atoms with Crippen LogP contribution in [-0.2, 0) is 20.7 Å². The van der Waals surface area contributed by atoms with Crippen molar-refractivity contribution in [1.82, 2.24) is 0 Å². The van der Waals surface area contributed by atoms with Crippen LogP contribution in [0.1, 0.15) is 104 Å². The van der Waals surface area contributed by atoms with E-state index in [9.17, 15) is 15.8 Å². The molecule has 4 aromatic carbocycles. The van der Waals surface area contributed by atoms with Crippen LogP contribution >= 0.6 is 46.4 Å². The molecule has 0 aromatic heterocycles. The summed E-state index contributed by atoms with van der Waals surface area (Å²) in [5.74, 6) is 0.574. The molecule has 0 fully saturated rings. The number of anilines is 2. The summed E-state index contributed by atoms with van der Waals surface area (Å²) in [7, 11) is 0. The highest BCUT2D eigenvalue weighted by Crippen LogP contribution is 2.50. The second-order valence-corrected chi connectivity index (χ2v) is 21.6. The Morgan fingerprint density at radius 3 is 1.51 bits per heavy atom. The fourth-order valence-corrected chi connectivity index (χ4v) is 10.4. The van der Waals surface area contributed by atoms with Gasteiger partial charge in [-0.1, -0.05) is 145 Å². The highest BCUT2D eigenvalue weighted by molar-refractivity contribution is 6.42. The number of hydrogen-bond donors (Lipinski definition) is 0. The Balaban J connectivity index is 0.000000260. The Bertz CT molecular complexity index is 3350. The number of ether oxygens (including phenoxy) is 2. The normalized spacial score (nSPS) is 20.7. The molecule has 7 rings (SSSR count). The van der Waals surface area contributed by atoms with Crippen molar-refractivity contribution in [2.75, 3.05) is 36.0 Å². The van der Waals surface area contributed by atoms with Gasteiger partial charge in [0, 0.05) is 59.8 Å². The predicted octanol–water partition coefficient (Wildman–Crippen LogP) is 18.4. The fraction of sp³-hybridized carbons (Fsp3) is 0.292. The van der Waals surface area contributed by atoms with E-state index < -0.39 is 11.2 Å². The van der Waals surface area contributed by atoms with E-state index in [0.717, 1.165) is 61.4 Å². The molecule has 1 aliphatic carbocycles. The SMILES string of the molecule is CCN(CC)c1ccc(/C=C/C2=C(C#N)C(=C(\C)C#N)/OC2(C)c2ccc(Cl)c(Cl)c2)cc1.[C-]#[N+]/C(C)=C1\OC(C)(c2ccc(Cl)c(Cl)c2)C(/C=C/C=C2C=C(/C=C/c3ccc(N(CC)CC)cc3)CC(C)(C)C/2)=C1C#N. The maximum Gasteiger partial charge on any atom is 0.204 e. The summed E-state index contributed by atoms with van der Waals surface area (Å²) in [6.45, 7) is 31.6. The molecule has 0 N–H and O–H groups in total. The number of rotatable bonds is 14. The van der Waals surface area contributed by atoms with Gasteiger partial charge in [-0.3, -0.25) is 0 Å². The zero-order valence-corrected chi connectivity index (χ0v) is 48.5. The number of nitriles is 3. The molecule has 0 saturated heterocycles. The van der Waals surface area contributed by atoms with Gasteiger partial charge in [-0.05, 0) is 144 Å². The van der Waals surface area contributed by atoms with Crippen LogP contribution < -0.4 is 9.80 Å². The van der Waals surface area contributed by atoms with Crippen molar-refractivity contribution in [2.45, 2.75) is 93.3 Å². The Kier molecular flexibility index (Phi) is 19.8. The highest BCUT2D eigenvalue weighted by Gasteiger charge is 2.44. The van der Waals surface area contributed by atoms with Crippen LogP contribution in [0.2, 0.25) is 20.1 Å². The molecule has 77 heavy (non-hydrogen) atoms. The molecule has 8 nitrogen and oxygen atoms in total. The van der Waals surface area contributed by atoms with Gasteiger partial charge in [0.2, 0.25) is 5.70 Å². The Hall–Kier alpha value is -7.14. The van der Waals surface area contributed by atoms with Gasteiger partial charge >= 0.3 is 0 Å². The van der Waals surface area contributed by atoms with E-state index >= 15 is 0 Å². The van der Waals surface area contributed by atoms with Gasteiger partial charge < -0.3 is 19.3 Å². The van der Waals surface area contributed by atoms with E-state index in [1.165, 1.54) is 22.4 Å². The first-order valence-corrected chi connectivity index (χ1v) is 27.2. The van der Waals surface area contributed by atoms with Crippen molar-refractivity contribution in [3.63, 3.8) is 0 Å². The van der Waals surface area contributed by atoms with Crippen LogP contribution in [0.3, 0.4) is 0 Å². The number of hydrogen-bond acceptors (Lipinski definition) is 7. The lowest BCUT2D eigenvalue weighted by Crippen LogP contribution is -2.23. The maximum absolute atomic E-state index is 10.2. The van der Waals surface area contributed by atoms with E-state index in [2.05, 4.69) is 135 Å². The Labute approximate surface area is 476 Å². The van der Waals surface area contributed by atoms with Gasteiger partial charge in [0.15, 0.2) is 17.0 Å². The first kappa shape index (κ1) is 59.1. The maximum atomic E-state index is 10.2. The molecular weight excluding hydrogens is 1040 g/mol. The molecule has 0 spiro atoms. The van der Waals surface area contributed by atoms with Gasteiger partial charge in [0.1, 0.15) is 23.5 Å². The molecular formula is C65H64Cl4N6O2. The van der Waals surface area contributed by atoms with Gasteiger partial charge in [-0.2, -0.15) is 15.8 Å². The van der Waals surface area contributed by atoms with E-state index in [1.807, 2.05) is 62.4 Å². The van der Waals surface area contributed by atoms with Gasteiger partial charge in [-0.15, -0.1) is 0 Å². The molecule has 4 aromatic rings. The average molecular weight is 1100 g/mol. The summed E-state index contributed by atoms with van der Waals surface area (Å²) in [5.41, 5.74) is 9.26. The van der Waals surface area contributed by atoms with Crippen LogP contribution in [0.15, 0.2) is 178 Å². The third kappa shape index (κ3) is 13.5. The zero-order chi connectivity index (χ0) is 56.2. The van der Waals surface area contributed by atoms with Gasteiger partial charge in [0.25, 0.3) is 0 Å². The molecule has 0 bridgehead atoms. The van der Waals surface area contributed by atoms with E-state index in [-0.39, 0.29) is 11.2 Å². The lowest BCUT2D eigenvalue weighted by molar-refractivity contribution is 0.0747. The zero-order valence-electron chi connectivity index (χ0n) is 45.5. The molecule has 0 amide bonds. The largest absolute Gasteiger partial charge is 0.488 e. The monoisotopic (exact) mass is 1100 g/mol. The second-order valence-electron chi connectivity index (χ2n) is 20.0. The molecule has 2 atom stereocenters. The summed E-state index contributed by atoms with van der Waals surface area (Å²) in [4.78, 5) is 8.17. The quantitative estimate of drug-likeness (QED) is 0.0916. The van der Waals surface area contributed by atoms with Crippen LogP contribution in [0.4, 0.5) is 11.4 Å². The van der Waals surface area contributed by atoms with Crippen molar-refractivity contribution in [3.05, 3.63) is 231 Å². The highest BCUT2D eigenvalue weighted by atomic mass is 35.5. The van der Waals surface area contributed by atoms with Crippen LogP contribution in [0.5, 0.6) is 0 Å². The standard InChI is InChI=1S/C38H39Cl2N3O.C27H25Cl2N3O/c1-8-43(9-2)31-18-15-27(16-19-31)13-14-29-21-28(23-37(4,5)24-29)11-10-12-33-32(25-41)36(26(3)42-7)44-38(33,6)30-17-20-34(39)35(40)22-30;1-5-32(6-2)21-11-7-19(8-12-21)9-13-23-22(17-31)26(18(3)16-30)33-27(23,4)20-10-14-24(28)25(29)15-20/h10-22H,8-9,23-24H2,1-6H3;7-15H,5-6H2,1-4H3/b12-10+,14-13+,28-11-,36-26-;13-9+,26-18-. The summed E-state index contributed by atoms with van der Waals surface area (Å²) < 4.78 is 12.6. The molecule has 2 aliphatic heterocycles. The summed E-state index contributed by atoms with van der Waals surface area (Å²) in [6, 6.07) is 34.1. The van der Waals surface area contributed by atoms with Crippen LogP contribution in [0, 0.1) is 46.0 Å². The van der Waals surface area contributed by atoms with Crippen molar-refractivity contribution in [1.29, 1.82) is 15.8 Å². The Morgan fingerprint density at radius 1 is 0.610 bits per heavy atom. The molecule has 3 aliphatic rings. The first-order valence-electron chi connectivity index (χ1n) is 25.7. The number of benzene rings is 4. The van der Waals surface area contributed by atoms with Crippen molar-refractivity contribution >= 4 is 69.9 Å². The van der Waals surface area contributed by atoms with E-state index in [0.29, 0.717) is 59.4 Å². The molecule has 2 heterocycles. The minimum absolute atomic E-state index is 0.103. The summed E-state index contributed by atoms with van der Waals surface area (Å²) in [6.07, 6.45) is 18.4. The lowest BCUT2D eigenvalue weighted by atomic mass is 9.75. The van der Waals surface area contributed by atoms with Crippen molar-refractivity contribution in [3.8, 4) is 18.2 Å². The lowest BCUT2D eigenvalue weighted by Gasteiger charge is -2.30. The predicted molar refractivity (Wildman–Crippen MR) is 319 cm³/mol. The molecule has 0 radical (unpaired) electrons. The second kappa shape index (κ2) is 25.8. The third-order valence-corrected chi connectivity index (χ3v) is 15.6. The average Bonchev–Trinajstić information content (AvgIpc) is 3.99. The topological polar surface area (TPSA) is 101 Å². The summed E-state index contributed by atoms with van der Waals surface area (Å²) in [5, 5.41) is 31.2. The van der Waals surface area contributed by atoms with Crippen molar-refractivity contribution < 1.29 is 9.47 Å². The number of nitrogens with zero attached hydrogens (tertiary/aromatic N) is 6. The van der Waals surface area contributed by atoms with Crippen molar-refractivity contribution in [2.24, 2.45) is 5.41 Å². The van der Waals surface area contributed by atoms with Gasteiger partial charge in [0.05, 0.1) is 43.9 Å².